The number of nitriles is 1. The van der Waals surface area contributed by atoms with Crippen LogP contribution in [-0.2, 0) is 4.74 Å². The van der Waals surface area contributed by atoms with Crippen molar-refractivity contribution < 1.29 is 13.9 Å². The summed E-state index contributed by atoms with van der Waals surface area (Å²) < 4.78 is 20.8. The third-order valence-electron chi connectivity index (χ3n) is 6.83. The molecule has 0 radical (unpaired) electrons. The highest BCUT2D eigenvalue weighted by Crippen LogP contribution is 2.47. The molecule has 2 aromatic heterocycles. The maximum Gasteiger partial charge on any atom is 0.337 e. The molecule has 0 saturated carbocycles. The van der Waals surface area contributed by atoms with E-state index in [9.17, 15) is 14.4 Å². The molecule has 6 aromatic rings. The third kappa shape index (κ3) is 5.24. The lowest BCUT2D eigenvalue weighted by Gasteiger charge is -2.14. The lowest BCUT2D eigenvalue weighted by atomic mass is 9.96. The van der Waals surface area contributed by atoms with Crippen molar-refractivity contribution in [2.24, 2.45) is 0 Å². The van der Waals surface area contributed by atoms with E-state index >= 15 is 0 Å². The maximum atomic E-state index is 13.8. The maximum absolute atomic E-state index is 13.8. The van der Waals surface area contributed by atoms with E-state index in [0.717, 1.165) is 54.6 Å². The highest BCUT2D eigenvalue weighted by molar-refractivity contribution is 7.98. The Morgan fingerprint density at radius 2 is 1.79 bits per heavy atom. The smallest absolute Gasteiger partial charge is 0.337 e. The zero-order valence-electron chi connectivity index (χ0n) is 22.1. The van der Waals surface area contributed by atoms with Crippen LogP contribution in [0.25, 0.3) is 44.4 Å². The fraction of sp³-hybridized carbons (Fsp3) is 0.0303. The van der Waals surface area contributed by atoms with Gasteiger partial charge in [0.15, 0.2) is 0 Å². The molecule has 0 spiro atoms. The van der Waals surface area contributed by atoms with E-state index < -0.39 is 5.97 Å². The predicted octanol–water partition coefficient (Wildman–Crippen LogP) is 9.21. The molecular weight excluding hydrogens is 606 g/mol. The van der Waals surface area contributed by atoms with Crippen molar-refractivity contribution in [3.05, 3.63) is 118 Å². The van der Waals surface area contributed by atoms with Crippen LogP contribution in [0.1, 0.15) is 15.2 Å². The van der Waals surface area contributed by atoms with Crippen molar-refractivity contribution >= 4 is 66.3 Å². The van der Waals surface area contributed by atoms with Crippen LogP contribution in [0, 0.1) is 17.1 Å². The van der Waals surface area contributed by atoms with Gasteiger partial charge in [-0.25, -0.2) is 9.18 Å². The van der Waals surface area contributed by atoms with Gasteiger partial charge >= 0.3 is 5.97 Å². The molecule has 4 nitrogen and oxygen atoms in total. The molecule has 0 aliphatic rings. The second-order valence-corrected chi connectivity index (χ2v) is 12.4. The van der Waals surface area contributed by atoms with E-state index in [1.54, 1.807) is 24.3 Å². The van der Waals surface area contributed by atoms with E-state index in [4.69, 9.17) is 16.3 Å². The monoisotopic (exact) mass is 626 g/mol. The number of fused-ring (bicyclic) bond motifs is 1. The number of aromatic nitrogens is 1. The van der Waals surface area contributed by atoms with Crippen LogP contribution in [-0.4, -0.2) is 17.1 Å². The van der Waals surface area contributed by atoms with Crippen LogP contribution >= 0.6 is 44.1 Å². The molecule has 6 rings (SSSR count). The van der Waals surface area contributed by atoms with Crippen molar-refractivity contribution in [1.82, 2.24) is 3.97 Å². The lowest BCUT2D eigenvalue weighted by Crippen LogP contribution is -2.00. The Balaban J connectivity index is 1.62. The van der Waals surface area contributed by atoms with E-state index in [-0.39, 0.29) is 5.82 Å². The number of esters is 1. The van der Waals surface area contributed by atoms with Gasteiger partial charge in [-0.3, -0.25) is 3.97 Å². The van der Waals surface area contributed by atoms with E-state index in [1.807, 2.05) is 41.8 Å². The van der Waals surface area contributed by atoms with Gasteiger partial charge in [0, 0.05) is 37.6 Å². The number of hydrogen-bond acceptors (Lipinski definition) is 5. The molecule has 1 atom stereocenters. The number of thiophene rings is 1. The molecule has 1 unspecified atom stereocenters. The Kier molecular flexibility index (Phi) is 7.90. The van der Waals surface area contributed by atoms with Crippen molar-refractivity contribution in [3.63, 3.8) is 0 Å². The molecule has 0 amide bonds. The fourth-order valence-electron chi connectivity index (χ4n) is 4.93. The molecular formula is C33H21ClFN2O2PS2. The van der Waals surface area contributed by atoms with Crippen LogP contribution < -0.4 is 5.30 Å². The second kappa shape index (κ2) is 11.8. The molecule has 4 aromatic carbocycles. The summed E-state index contributed by atoms with van der Waals surface area (Å²) in [6, 6.07) is 30.1. The van der Waals surface area contributed by atoms with E-state index in [1.165, 1.54) is 42.5 Å². The first-order valence-corrected chi connectivity index (χ1v) is 15.3. The van der Waals surface area contributed by atoms with Crippen LogP contribution in [0.3, 0.4) is 0 Å². The molecule has 2 heterocycles. The molecule has 0 aliphatic carbocycles. The minimum absolute atomic E-state index is 0.301. The summed E-state index contributed by atoms with van der Waals surface area (Å²) in [4.78, 5) is 13.5. The van der Waals surface area contributed by atoms with Gasteiger partial charge in [-0.15, -0.1) is 20.6 Å². The number of ether oxygens (including phenoxy) is 1. The summed E-state index contributed by atoms with van der Waals surface area (Å²) in [5.74, 6) is -0.758. The standard InChI is InChI=1S/C33H21ClFN2O2PS2/c1-39-33(38)21-5-11-25(28(34)16-21)19-3-2-4-20(15-19)32-31(26-13-14-41-30(26)18-36)27-17-23(40)8-12-29(27)37(32)42-24-9-6-22(35)7-10-24/h2-17H,40H2,1H3. The summed E-state index contributed by atoms with van der Waals surface area (Å²) in [5.41, 5.74) is 6.55. The summed E-state index contributed by atoms with van der Waals surface area (Å²) >= 11 is 9.55. The second-order valence-electron chi connectivity index (χ2n) is 9.38. The number of benzene rings is 4. The number of carbonyl (C=O) groups is 1. The summed E-state index contributed by atoms with van der Waals surface area (Å²) in [5, 5.41) is 14.3. The minimum atomic E-state index is -0.457. The molecule has 0 bridgehead atoms. The average molecular weight is 627 g/mol. The zero-order valence-corrected chi connectivity index (χ0v) is 25.6. The molecule has 0 N–H and O–H groups in total. The Bertz CT molecular complexity index is 2030. The van der Waals surface area contributed by atoms with Crippen molar-refractivity contribution in [3.8, 4) is 39.6 Å². The van der Waals surface area contributed by atoms with Crippen LogP contribution in [0.4, 0.5) is 4.39 Å². The molecule has 42 heavy (non-hydrogen) atoms. The predicted molar refractivity (Wildman–Crippen MR) is 174 cm³/mol. The quantitative estimate of drug-likeness (QED) is 0.137. The minimum Gasteiger partial charge on any atom is -0.465 e. The highest BCUT2D eigenvalue weighted by atomic mass is 35.5. The topological polar surface area (TPSA) is 55.0 Å². The van der Waals surface area contributed by atoms with Gasteiger partial charge in [0.05, 0.1) is 23.9 Å². The molecule has 0 saturated heterocycles. The first kappa shape index (κ1) is 28.2. The first-order valence-electron chi connectivity index (χ1n) is 12.7. The molecule has 206 valence electrons. The zero-order chi connectivity index (χ0) is 29.4. The van der Waals surface area contributed by atoms with Gasteiger partial charge in [0.2, 0.25) is 0 Å². The largest absolute Gasteiger partial charge is 0.465 e. The molecule has 9 heteroatoms. The normalized spacial score (nSPS) is 11.0. The van der Waals surface area contributed by atoms with Crippen molar-refractivity contribution in [1.29, 1.82) is 5.26 Å². The number of rotatable bonds is 6. The number of carbonyl (C=O) groups excluding carboxylic acids is 1. The van der Waals surface area contributed by atoms with Crippen LogP contribution in [0.2, 0.25) is 5.02 Å². The van der Waals surface area contributed by atoms with Crippen LogP contribution in [0.15, 0.2) is 101 Å². The third-order valence-corrected chi connectivity index (χ3v) is 9.37. The Morgan fingerprint density at radius 1 is 1.00 bits per heavy atom. The Morgan fingerprint density at radius 3 is 2.52 bits per heavy atom. The molecule has 0 aliphatic heterocycles. The van der Waals surface area contributed by atoms with Crippen molar-refractivity contribution in [2.45, 2.75) is 4.90 Å². The number of hydrogen-bond donors (Lipinski definition) is 0. The van der Waals surface area contributed by atoms with Gasteiger partial charge in [-0.1, -0.05) is 41.9 Å². The van der Waals surface area contributed by atoms with Gasteiger partial charge in [0.25, 0.3) is 0 Å². The Labute approximate surface area is 257 Å². The SMILES string of the molecule is COC(=O)c1ccc(-c2cccc(-c3c(-c4ccsc4C#N)c4cc(P)ccc4n3Sc3ccc(F)cc3)c2)c(Cl)c1. The van der Waals surface area contributed by atoms with E-state index in [0.29, 0.717) is 15.5 Å². The molecule has 0 fully saturated rings. The summed E-state index contributed by atoms with van der Waals surface area (Å²) in [7, 11) is 4.09. The number of nitrogens with zero attached hydrogens (tertiary/aromatic N) is 2. The van der Waals surface area contributed by atoms with Gasteiger partial charge in [-0.2, -0.15) is 5.26 Å². The first-order chi connectivity index (χ1) is 20.4. The lowest BCUT2D eigenvalue weighted by molar-refractivity contribution is 0.0600. The number of methoxy groups -OCH3 is 1. The van der Waals surface area contributed by atoms with Crippen molar-refractivity contribution in [2.75, 3.05) is 7.11 Å². The van der Waals surface area contributed by atoms with Gasteiger partial charge < -0.3 is 4.74 Å². The average Bonchev–Trinajstić information content (AvgIpc) is 3.59. The van der Waals surface area contributed by atoms with E-state index in [2.05, 4.69) is 37.5 Å². The highest BCUT2D eigenvalue weighted by Gasteiger charge is 2.24. The van der Waals surface area contributed by atoms with Gasteiger partial charge in [0.1, 0.15) is 16.8 Å². The summed E-state index contributed by atoms with van der Waals surface area (Å²) in [6.45, 7) is 0. The fourth-order valence-corrected chi connectivity index (χ4v) is 7.19. The van der Waals surface area contributed by atoms with Gasteiger partial charge in [-0.05, 0) is 88.9 Å². The summed E-state index contributed by atoms with van der Waals surface area (Å²) in [6.07, 6.45) is 0. The van der Waals surface area contributed by atoms with Crippen LogP contribution in [0.5, 0.6) is 0 Å². The Hall–Kier alpha value is -3.92. The number of halogens is 2.